The zero-order valence-corrected chi connectivity index (χ0v) is 13.0. The van der Waals surface area contributed by atoms with Crippen LogP contribution in [0.5, 0.6) is 0 Å². The number of nitrogens with two attached hydrogens (primary N) is 1. The Hall–Kier alpha value is -1.66. The lowest BCUT2D eigenvalue weighted by Crippen LogP contribution is -2.39. The highest BCUT2D eigenvalue weighted by Crippen LogP contribution is 2.19. The van der Waals surface area contributed by atoms with Gasteiger partial charge in [0.2, 0.25) is 0 Å². The van der Waals surface area contributed by atoms with Crippen LogP contribution in [-0.2, 0) is 6.54 Å². The standard InChI is InChI=1S/C15H24N4O2/c1-4-7-19(11-15(2,3)10-16)9-13-17-14(21-18-13)12-6-5-8-20-12/h5-6,8H,4,7,9-11,16H2,1-3H3. The molecule has 0 spiro atoms. The van der Waals surface area contributed by atoms with Gasteiger partial charge < -0.3 is 14.7 Å². The summed E-state index contributed by atoms with van der Waals surface area (Å²) >= 11 is 0. The van der Waals surface area contributed by atoms with Gasteiger partial charge in [-0.15, -0.1) is 0 Å². The summed E-state index contributed by atoms with van der Waals surface area (Å²) in [4.78, 5) is 6.70. The molecule has 116 valence electrons. The summed E-state index contributed by atoms with van der Waals surface area (Å²) in [5, 5.41) is 4.03. The molecule has 0 aliphatic heterocycles. The predicted molar refractivity (Wildman–Crippen MR) is 80.4 cm³/mol. The molecule has 2 aromatic rings. The largest absolute Gasteiger partial charge is 0.459 e. The smallest absolute Gasteiger partial charge is 0.293 e. The van der Waals surface area contributed by atoms with E-state index in [1.54, 1.807) is 18.4 Å². The van der Waals surface area contributed by atoms with Crippen LogP contribution in [0.15, 0.2) is 27.3 Å². The van der Waals surface area contributed by atoms with Crippen LogP contribution in [0, 0.1) is 5.41 Å². The molecule has 0 aliphatic rings. The Balaban J connectivity index is 2.03. The highest BCUT2D eigenvalue weighted by Gasteiger charge is 2.21. The number of rotatable bonds is 8. The van der Waals surface area contributed by atoms with Crippen molar-refractivity contribution in [3.05, 3.63) is 24.2 Å². The Kier molecular flexibility index (Phi) is 5.14. The molecule has 21 heavy (non-hydrogen) atoms. The molecule has 0 aromatic carbocycles. The van der Waals surface area contributed by atoms with Crippen molar-refractivity contribution in [3.8, 4) is 11.7 Å². The molecular weight excluding hydrogens is 268 g/mol. The lowest BCUT2D eigenvalue weighted by atomic mass is 9.93. The third kappa shape index (κ3) is 4.41. The Morgan fingerprint density at radius 2 is 2.19 bits per heavy atom. The number of aromatic nitrogens is 2. The molecule has 0 aliphatic carbocycles. The van der Waals surface area contributed by atoms with Crippen LogP contribution in [-0.4, -0.2) is 34.7 Å². The Labute approximate surface area is 125 Å². The van der Waals surface area contributed by atoms with E-state index < -0.39 is 0 Å². The first-order valence-electron chi connectivity index (χ1n) is 7.33. The number of hydrogen-bond donors (Lipinski definition) is 1. The Morgan fingerprint density at radius 1 is 1.38 bits per heavy atom. The lowest BCUT2D eigenvalue weighted by Gasteiger charge is -2.30. The summed E-state index contributed by atoms with van der Waals surface area (Å²) < 4.78 is 10.5. The van der Waals surface area contributed by atoms with Gasteiger partial charge in [0, 0.05) is 6.54 Å². The summed E-state index contributed by atoms with van der Waals surface area (Å²) in [6.07, 6.45) is 2.66. The third-order valence-electron chi connectivity index (χ3n) is 3.31. The van der Waals surface area contributed by atoms with Crippen LogP contribution in [0.1, 0.15) is 33.0 Å². The fraction of sp³-hybridized carbons (Fsp3) is 0.600. The highest BCUT2D eigenvalue weighted by atomic mass is 16.5. The van der Waals surface area contributed by atoms with Gasteiger partial charge in [0.1, 0.15) is 0 Å². The minimum absolute atomic E-state index is 0.0722. The second-order valence-corrected chi connectivity index (χ2v) is 6.07. The summed E-state index contributed by atoms with van der Waals surface area (Å²) in [5.41, 5.74) is 5.90. The van der Waals surface area contributed by atoms with E-state index >= 15 is 0 Å². The average Bonchev–Trinajstić information content (AvgIpc) is 3.08. The van der Waals surface area contributed by atoms with E-state index in [0.29, 0.717) is 30.6 Å². The lowest BCUT2D eigenvalue weighted by molar-refractivity contribution is 0.171. The molecule has 0 saturated heterocycles. The van der Waals surface area contributed by atoms with Gasteiger partial charge in [-0.2, -0.15) is 4.98 Å². The van der Waals surface area contributed by atoms with Crippen molar-refractivity contribution < 1.29 is 8.94 Å². The quantitative estimate of drug-likeness (QED) is 0.805. The van der Waals surface area contributed by atoms with Crippen LogP contribution in [0.25, 0.3) is 11.7 Å². The van der Waals surface area contributed by atoms with Crippen LogP contribution in [0.3, 0.4) is 0 Å². The molecule has 2 rings (SSSR count). The fourth-order valence-electron chi connectivity index (χ4n) is 2.22. The average molecular weight is 292 g/mol. The van der Waals surface area contributed by atoms with Gasteiger partial charge in [-0.25, -0.2) is 0 Å². The molecular formula is C15H24N4O2. The van der Waals surface area contributed by atoms with E-state index in [0.717, 1.165) is 19.5 Å². The summed E-state index contributed by atoms with van der Waals surface area (Å²) in [7, 11) is 0. The summed E-state index contributed by atoms with van der Waals surface area (Å²) in [6, 6.07) is 3.60. The zero-order chi connectivity index (χ0) is 15.3. The Morgan fingerprint density at radius 3 is 2.81 bits per heavy atom. The number of furan rings is 1. The molecule has 0 saturated carbocycles. The monoisotopic (exact) mass is 292 g/mol. The molecule has 0 radical (unpaired) electrons. The van der Waals surface area contributed by atoms with E-state index in [-0.39, 0.29) is 5.41 Å². The van der Waals surface area contributed by atoms with Crippen LogP contribution in [0.4, 0.5) is 0 Å². The number of hydrogen-bond acceptors (Lipinski definition) is 6. The van der Waals surface area contributed by atoms with Crippen LogP contribution in [0.2, 0.25) is 0 Å². The molecule has 6 heteroatoms. The first kappa shape index (κ1) is 15.7. The van der Waals surface area contributed by atoms with Crippen molar-refractivity contribution in [1.82, 2.24) is 15.0 Å². The number of nitrogens with zero attached hydrogens (tertiary/aromatic N) is 3. The second kappa shape index (κ2) is 6.87. The van der Waals surface area contributed by atoms with Gasteiger partial charge in [0.05, 0.1) is 12.8 Å². The van der Waals surface area contributed by atoms with Gasteiger partial charge in [-0.1, -0.05) is 25.9 Å². The first-order chi connectivity index (χ1) is 10.0. The highest BCUT2D eigenvalue weighted by molar-refractivity contribution is 5.42. The SMILES string of the molecule is CCCN(Cc1noc(-c2ccco2)n1)CC(C)(C)CN. The third-order valence-corrected chi connectivity index (χ3v) is 3.31. The van der Waals surface area contributed by atoms with Crippen LogP contribution >= 0.6 is 0 Å². The van der Waals surface area contributed by atoms with E-state index in [1.807, 2.05) is 0 Å². The van der Waals surface area contributed by atoms with E-state index in [9.17, 15) is 0 Å². The zero-order valence-electron chi connectivity index (χ0n) is 13.0. The van der Waals surface area contributed by atoms with Gasteiger partial charge in [0.15, 0.2) is 11.6 Å². The molecule has 2 heterocycles. The van der Waals surface area contributed by atoms with Crippen molar-refractivity contribution in [2.45, 2.75) is 33.7 Å². The van der Waals surface area contributed by atoms with Crippen LogP contribution < -0.4 is 5.73 Å². The predicted octanol–water partition coefficient (Wildman–Crippen LogP) is 2.53. The fourth-order valence-corrected chi connectivity index (χ4v) is 2.22. The normalized spacial score (nSPS) is 12.2. The minimum Gasteiger partial charge on any atom is -0.459 e. The maximum absolute atomic E-state index is 5.82. The molecule has 6 nitrogen and oxygen atoms in total. The van der Waals surface area contributed by atoms with Gasteiger partial charge in [0.25, 0.3) is 5.89 Å². The minimum atomic E-state index is 0.0722. The molecule has 0 amide bonds. The Bertz CT molecular complexity index is 534. The van der Waals surface area contributed by atoms with Gasteiger partial charge >= 0.3 is 0 Å². The molecule has 0 unspecified atom stereocenters. The maximum Gasteiger partial charge on any atom is 0.293 e. The molecule has 2 aromatic heterocycles. The first-order valence-corrected chi connectivity index (χ1v) is 7.33. The van der Waals surface area contributed by atoms with Gasteiger partial charge in [-0.05, 0) is 37.1 Å². The molecule has 2 N–H and O–H groups in total. The van der Waals surface area contributed by atoms with Crippen molar-refractivity contribution in [3.63, 3.8) is 0 Å². The summed E-state index contributed by atoms with van der Waals surface area (Å²) in [5.74, 6) is 1.69. The van der Waals surface area contributed by atoms with Crippen molar-refractivity contribution in [2.75, 3.05) is 19.6 Å². The van der Waals surface area contributed by atoms with Crippen molar-refractivity contribution in [1.29, 1.82) is 0 Å². The van der Waals surface area contributed by atoms with Crippen molar-refractivity contribution in [2.24, 2.45) is 11.1 Å². The van der Waals surface area contributed by atoms with E-state index in [4.69, 9.17) is 14.7 Å². The van der Waals surface area contributed by atoms with Crippen molar-refractivity contribution >= 4 is 0 Å². The maximum atomic E-state index is 5.82. The molecule has 0 bridgehead atoms. The second-order valence-electron chi connectivity index (χ2n) is 6.07. The van der Waals surface area contributed by atoms with Gasteiger partial charge in [-0.3, -0.25) is 4.90 Å². The molecule has 0 atom stereocenters. The molecule has 0 fully saturated rings. The topological polar surface area (TPSA) is 81.3 Å². The summed E-state index contributed by atoms with van der Waals surface area (Å²) in [6.45, 7) is 9.68. The van der Waals surface area contributed by atoms with E-state index in [2.05, 4.69) is 35.8 Å². The van der Waals surface area contributed by atoms with E-state index in [1.165, 1.54) is 0 Å².